The summed E-state index contributed by atoms with van der Waals surface area (Å²) in [6, 6.07) is 7.22. The van der Waals surface area contributed by atoms with E-state index in [1.807, 2.05) is 19.1 Å². The first-order chi connectivity index (χ1) is 9.63. The van der Waals surface area contributed by atoms with E-state index in [0.717, 1.165) is 21.1 Å². The van der Waals surface area contributed by atoms with Gasteiger partial charge in [0.15, 0.2) is 5.65 Å². The molecule has 3 aromatic heterocycles. The van der Waals surface area contributed by atoms with Crippen LogP contribution in [0.3, 0.4) is 0 Å². The highest BCUT2D eigenvalue weighted by molar-refractivity contribution is 7.99. The van der Waals surface area contributed by atoms with Crippen molar-refractivity contribution in [1.29, 1.82) is 0 Å². The van der Waals surface area contributed by atoms with Crippen molar-refractivity contribution in [1.82, 2.24) is 19.6 Å². The number of hydrogen-bond acceptors (Lipinski definition) is 5. The van der Waals surface area contributed by atoms with Crippen LogP contribution in [0.1, 0.15) is 16.1 Å². The highest BCUT2D eigenvalue weighted by Gasteiger charge is 2.09. The highest BCUT2D eigenvalue weighted by atomic mass is 32.2. The summed E-state index contributed by atoms with van der Waals surface area (Å²) < 4.78 is 1.72. The molecule has 3 aromatic rings. The second kappa shape index (κ2) is 4.93. The van der Waals surface area contributed by atoms with Gasteiger partial charge >= 0.3 is 5.97 Å². The summed E-state index contributed by atoms with van der Waals surface area (Å²) >= 11 is 1.42. The molecule has 0 spiro atoms. The molecular formula is C13H10N4O2S. The smallest absolute Gasteiger partial charge is 0.354 e. The van der Waals surface area contributed by atoms with Gasteiger partial charge in [0, 0.05) is 11.1 Å². The van der Waals surface area contributed by atoms with Gasteiger partial charge in [-0.3, -0.25) is 0 Å². The summed E-state index contributed by atoms with van der Waals surface area (Å²) in [6.07, 6.45) is 2.98. The van der Waals surface area contributed by atoms with Crippen LogP contribution in [0.4, 0.5) is 0 Å². The molecule has 0 saturated heterocycles. The van der Waals surface area contributed by atoms with E-state index in [-0.39, 0.29) is 5.69 Å². The third kappa shape index (κ3) is 2.35. The molecule has 3 rings (SSSR count). The second-order valence-electron chi connectivity index (χ2n) is 4.18. The minimum atomic E-state index is -1.04. The normalized spacial score (nSPS) is 10.8. The number of carbonyl (C=O) groups is 1. The molecule has 0 saturated carbocycles. The van der Waals surface area contributed by atoms with Crippen molar-refractivity contribution in [2.75, 3.05) is 0 Å². The molecule has 1 N–H and O–H groups in total. The lowest BCUT2D eigenvalue weighted by atomic mass is 10.3. The summed E-state index contributed by atoms with van der Waals surface area (Å²) in [5.74, 6) is -1.04. The molecule has 6 nitrogen and oxygen atoms in total. The Labute approximate surface area is 118 Å². The van der Waals surface area contributed by atoms with Crippen molar-refractivity contribution < 1.29 is 9.90 Å². The molecule has 0 unspecified atom stereocenters. The fourth-order valence-corrected chi connectivity index (χ4v) is 2.82. The molecule has 0 aliphatic heterocycles. The molecule has 3 heterocycles. The maximum absolute atomic E-state index is 10.9. The lowest BCUT2D eigenvalue weighted by Gasteiger charge is -2.06. The Kier molecular flexibility index (Phi) is 3.11. The summed E-state index contributed by atoms with van der Waals surface area (Å²) in [6.45, 7) is 1.98. The van der Waals surface area contributed by atoms with Gasteiger partial charge in [0.05, 0.1) is 0 Å². The van der Waals surface area contributed by atoms with E-state index < -0.39 is 5.97 Å². The van der Waals surface area contributed by atoms with E-state index >= 15 is 0 Å². The first-order valence-electron chi connectivity index (χ1n) is 5.81. The van der Waals surface area contributed by atoms with Crippen molar-refractivity contribution in [2.24, 2.45) is 0 Å². The first-order valence-corrected chi connectivity index (χ1v) is 6.63. The van der Waals surface area contributed by atoms with Gasteiger partial charge in [-0.05, 0) is 36.8 Å². The van der Waals surface area contributed by atoms with Gasteiger partial charge in [-0.15, -0.1) is 0 Å². The number of carboxylic acid groups (broad SMARTS) is 1. The Bertz CT molecular complexity index is 800. The third-order valence-corrected chi connectivity index (χ3v) is 3.65. The van der Waals surface area contributed by atoms with Gasteiger partial charge in [-0.2, -0.15) is 5.10 Å². The second-order valence-corrected chi connectivity index (χ2v) is 5.28. The van der Waals surface area contributed by atoms with Crippen molar-refractivity contribution in [3.8, 4) is 0 Å². The fourth-order valence-electron chi connectivity index (χ4n) is 1.80. The van der Waals surface area contributed by atoms with Crippen molar-refractivity contribution in [3.63, 3.8) is 0 Å². The number of aromatic nitrogens is 4. The quantitative estimate of drug-likeness (QED) is 0.795. The van der Waals surface area contributed by atoms with Crippen LogP contribution in [-0.2, 0) is 0 Å². The molecule has 0 aliphatic rings. The molecule has 0 fully saturated rings. The van der Waals surface area contributed by atoms with E-state index in [4.69, 9.17) is 5.11 Å². The first kappa shape index (κ1) is 12.6. The highest BCUT2D eigenvalue weighted by Crippen LogP contribution is 2.28. The Balaban J connectivity index is 2.02. The predicted octanol–water partition coefficient (Wildman–Crippen LogP) is 2.28. The van der Waals surface area contributed by atoms with Crippen LogP contribution >= 0.6 is 11.8 Å². The Morgan fingerprint density at radius 1 is 1.30 bits per heavy atom. The lowest BCUT2D eigenvalue weighted by Crippen LogP contribution is -1.99. The largest absolute Gasteiger partial charge is 0.477 e. The predicted molar refractivity (Wildman–Crippen MR) is 73.0 cm³/mol. The molecule has 0 atom stereocenters. The van der Waals surface area contributed by atoms with E-state index in [2.05, 4.69) is 15.1 Å². The Morgan fingerprint density at radius 3 is 2.95 bits per heavy atom. The molecule has 0 bridgehead atoms. The van der Waals surface area contributed by atoms with Crippen molar-refractivity contribution in [3.05, 3.63) is 48.0 Å². The molecule has 0 aromatic carbocycles. The maximum Gasteiger partial charge on any atom is 0.354 e. The van der Waals surface area contributed by atoms with Crippen LogP contribution in [0.25, 0.3) is 5.65 Å². The maximum atomic E-state index is 10.9. The van der Waals surface area contributed by atoms with Gasteiger partial charge in [0.25, 0.3) is 0 Å². The number of aromatic carboxylic acids is 1. The molecular weight excluding hydrogens is 276 g/mol. The number of aryl methyl sites for hydroxylation is 1. The summed E-state index contributed by atoms with van der Waals surface area (Å²) in [7, 11) is 0. The zero-order valence-electron chi connectivity index (χ0n) is 10.5. The summed E-state index contributed by atoms with van der Waals surface area (Å²) in [4.78, 5) is 19.7. The zero-order valence-corrected chi connectivity index (χ0v) is 11.3. The fraction of sp³-hybridized carbons (Fsp3) is 0.0769. The van der Waals surface area contributed by atoms with Gasteiger partial charge in [0.2, 0.25) is 0 Å². The van der Waals surface area contributed by atoms with Crippen LogP contribution in [0.2, 0.25) is 0 Å². The topological polar surface area (TPSA) is 80.4 Å². The Morgan fingerprint density at radius 2 is 2.15 bits per heavy atom. The summed E-state index contributed by atoms with van der Waals surface area (Å²) in [5.41, 5.74) is 1.86. The molecule has 20 heavy (non-hydrogen) atoms. The SMILES string of the molecule is Cc1cc(Sc2ccnc(C(=O)O)c2)n2ncnc2c1. The Hall–Kier alpha value is -2.41. The van der Waals surface area contributed by atoms with Crippen molar-refractivity contribution >= 4 is 23.4 Å². The minimum absolute atomic E-state index is 0.0255. The zero-order chi connectivity index (χ0) is 14.1. The number of carboxylic acids is 1. The molecule has 0 radical (unpaired) electrons. The summed E-state index contributed by atoms with van der Waals surface area (Å²) in [5, 5.41) is 14.0. The van der Waals surface area contributed by atoms with Crippen LogP contribution in [0, 0.1) is 6.92 Å². The molecule has 0 aliphatic carbocycles. The number of fused-ring (bicyclic) bond motifs is 1. The molecule has 0 amide bonds. The minimum Gasteiger partial charge on any atom is -0.477 e. The van der Waals surface area contributed by atoms with E-state index in [9.17, 15) is 4.79 Å². The monoisotopic (exact) mass is 286 g/mol. The molecule has 100 valence electrons. The number of hydrogen-bond donors (Lipinski definition) is 1. The average Bonchev–Trinajstić information content (AvgIpc) is 2.87. The average molecular weight is 286 g/mol. The number of pyridine rings is 2. The lowest BCUT2D eigenvalue weighted by molar-refractivity contribution is 0.0690. The van der Waals surface area contributed by atoms with Gasteiger partial charge < -0.3 is 5.11 Å². The van der Waals surface area contributed by atoms with Crippen LogP contribution in [0.5, 0.6) is 0 Å². The van der Waals surface area contributed by atoms with E-state index in [0.29, 0.717) is 0 Å². The standard InChI is InChI=1S/C13H10N4O2S/c1-8-4-11-15-7-16-17(11)12(5-8)20-9-2-3-14-10(6-9)13(18)19/h2-7H,1H3,(H,18,19). The van der Waals surface area contributed by atoms with E-state index in [1.165, 1.54) is 30.4 Å². The third-order valence-electron chi connectivity index (χ3n) is 2.66. The van der Waals surface area contributed by atoms with Gasteiger partial charge in [0.1, 0.15) is 17.0 Å². The molecule has 7 heteroatoms. The van der Waals surface area contributed by atoms with Crippen LogP contribution in [0.15, 0.2) is 46.7 Å². The van der Waals surface area contributed by atoms with Gasteiger partial charge in [-0.25, -0.2) is 19.3 Å². The number of rotatable bonds is 3. The van der Waals surface area contributed by atoms with E-state index in [1.54, 1.807) is 10.6 Å². The van der Waals surface area contributed by atoms with Gasteiger partial charge in [-0.1, -0.05) is 11.8 Å². The van der Waals surface area contributed by atoms with Crippen molar-refractivity contribution in [2.45, 2.75) is 16.8 Å². The van der Waals surface area contributed by atoms with Crippen LogP contribution in [-0.4, -0.2) is 30.7 Å². The number of nitrogens with zero attached hydrogens (tertiary/aromatic N) is 4. The van der Waals surface area contributed by atoms with Crippen LogP contribution < -0.4 is 0 Å².